The van der Waals surface area contributed by atoms with E-state index in [-0.39, 0.29) is 36.4 Å². The lowest BCUT2D eigenvalue weighted by atomic mass is 9.99. The van der Waals surface area contributed by atoms with E-state index in [1.807, 2.05) is 16.8 Å². The average molecular weight is 510 g/mol. The molecule has 0 aliphatic carbocycles. The lowest BCUT2D eigenvalue weighted by Crippen LogP contribution is -2.64. The molecule has 3 fully saturated rings. The summed E-state index contributed by atoms with van der Waals surface area (Å²) in [6.07, 6.45) is 2.72. The van der Waals surface area contributed by atoms with Gasteiger partial charge in [0, 0.05) is 39.3 Å². The molecular formula is C23H37F2N9O2. The zero-order valence-electron chi connectivity index (χ0n) is 20.6. The highest BCUT2D eigenvalue weighted by Crippen LogP contribution is 2.30. The molecule has 1 aromatic heterocycles. The summed E-state index contributed by atoms with van der Waals surface area (Å²) in [5.74, 6) is -1.93. The Balaban J connectivity index is 1.43. The number of nitrogens with two attached hydrogens (primary N) is 2. The van der Waals surface area contributed by atoms with Gasteiger partial charge in [-0.25, -0.2) is 8.78 Å². The number of piperazine rings is 1. The second kappa shape index (κ2) is 11.7. The van der Waals surface area contributed by atoms with Crippen molar-refractivity contribution in [2.75, 3.05) is 63.1 Å². The van der Waals surface area contributed by atoms with E-state index in [4.69, 9.17) is 11.5 Å². The minimum absolute atomic E-state index is 0.0700. The van der Waals surface area contributed by atoms with Crippen molar-refractivity contribution in [3.63, 3.8) is 0 Å². The fourth-order valence-corrected chi connectivity index (χ4v) is 5.26. The van der Waals surface area contributed by atoms with Crippen molar-refractivity contribution in [2.24, 2.45) is 17.4 Å². The fourth-order valence-electron chi connectivity index (χ4n) is 5.26. The third-order valence-corrected chi connectivity index (χ3v) is 7.29. The first-order chi connectivity index (χ1) is 17.3. The summed E-state index contributed by atoms with van der Waals surface area (Å²) < 4.78 is 28.5. The molecular weight excluding hydrogens is 472 g/mol. The number of likely N-dealkylation sites (tertiary alicyclic amines) is 1. The number of nitrogens with one attached hydrogen (secondary N) is 3. The molecule has 200 valence electrons. The number of hydrogen-bond acceptors (Lipinski definition) is 9. The molecule has 11 nitrogen and oxygen atoms in total. The zero-order valence-corrected chi connectivity index (χ0v) is 20.6. The van der Waals surface area contributed by atoms with Crippen molar-refractivity contribution >= 4 is 23.2 Å². The minimum atomic E-state index is -1.08. The van der Waals surface area contributed by atoms with Gasteiger partial charge in [-0.1, -0.05) is 6.42 Å². The number of piperidine rings is 1. The van der Waals surface area contributed by atoms with E-state index >= 15 is 0 Å². The number of pyridine rings is 1. The molecule has 3 saturated heterocycles. The van der Waals surface area contributed by atoms with Crippen molar-refractivity contribution < 1.29 is 18.4 Å². The maximum absolute atomic E-state index is 15.0. The maximum atomic E-state index is 15.0. The van der Waals surface area contributed by atoms with Gasteiger partial charge in [0.25, 0.3) is 0 Å². The van der Waals surface area contributed by atoms with Gasteiger partial charge in [0.15, 0.2) is 5.82 Å². The summed E-state index contributed by atoms with van der Waals surface area (Å²) in [4.78, 5) is 35.9. The number of likely N-dealkylation sites (N-methyl/N-ethyl adjacent to an activating group) is 1. The molecule has 7 N–H and O–H groups in total. The van der Waals surface area contributed by atoms with E-state index in [0.717, 1.165) is 32.0 Å². The van der Waals surface area contributed by atoms with Crippen LogP contribution >= 0.6 is 0 Å². The van der Waals surface area contributed by atoms with Gasteiger partial charge in [-0.15, -0.1) is 0 Å². The van der Waals surface area contributed by atoms with Gasteiger partial charge in [0.1, 0.15) is 11.9 Å². The molecule has 2 unspecified atom stereocenters. The van der Waals surface area contributed by atoms with E-state index < -0.39 is 36.1 Å². The van der Waals surface area contributed by atoms with Gasteiger partial charge in [0.2, 0.25) is 11.8 Å². The molecule has 4 rings (SSSR count). The number of carbonyl (C=O) groups excluding carboxylic acids is 2. The van der Waals surface area contributed by atoms with E-state index in [9.17, 15) is 18.4 Å². The van der Waals surface area contributed by atoms with Crippen molar-refractivity contribution in [1.82, 2.24) is 25.4 Å². The molecule has 0 aromatic carbocycles. The summed E-state index contributed by atoms with van der Waals surface area (Å²) >= 11 is 0. The van der Waals surface area contributed by atoms with Crippen LogP contribution in [0.1, 0.15) is 19.3 Å². The van der Waals surface area contributed by atoms with Crippen molar-refractivity contribution in [1.29, 1.82) is 0 Å². The topological polar surface area (TPSA) is 145 Å². The van der Waals surface area contributed by atoms with Crippen molar-refractivity contribution in [3.05, 3.63) is 18.2 Å². The van der Waals surface area contributed by atoms with Crippen LogP contribution in [0.5, 0.6) is 0 Å². The smallest absolute Gasteiger partial charge is 0.240 e. The van der Waals surface area contributed by atoms with Gasteiger partial charge in [-0.2, -0.15) is 0 Å². The predicted molar refractivity (Wildman–Crippen MR) is 132 cm³/mol. The second-order valence-corrected chi connectivity index (χ2v) is 9.81. The van der Waals surface area contributed by atoms with Gasteiger partial charge in [-0.3, -0.25) is 30.1 Å². The lowest BCUT2D eigenvalue weighted by molar-refractivity contribution is -0.138. The highest BCUT2D eigenvalue weighted by molar-refractivity contribution is 5.96. The SMILES string of the molecule is CN1CCCCC1C(=O)N1CCN(c2c(F)cncc2NC(=O)C(C(N)N)C2NCC(F)CN2)CC1. The predicted octanol–water partition coefficient (Wildman–Crippen LogP) is -0.991. The number of hydrogen-bond donors (Lipinski definition) is 5. The highest BCUT2D eigenvalue weighted by atomic mass is 19.1. The number of alkyl halides is 1. The number of aromatic nitrogens is 1. The van der Waals surface area contributed by atoms with Gasteiger partial charge in [0.05, 0.1) is 42.4 Å². The second-order valence-electron chi connectivity index (χ2n) is 9.81. The van der Waals surface area contributed by atoms with Crippen molar-refractivity contribution in [2.45, 2.75) is 43.8 Å². The quantitative estimate of drug-likeness (QED) is 0.305. The fraction of sp³-hybridized carbons (Fsp3) is 0.696. The first kappa shape index (κ1) is 26.6. The number of amides is 2. The van der Waals surface area contributed by atoms with E-state index in [1.54, 1.807) is 0 Å². The number of halogens is 2. The standard InChI is InChI=1S/C23H37F2N9O2/c1-32-5-3-2-4-17(32)23(36)34-8-6-33(7-9-34)19-15(25)12-28-13-16(19)31-22(35)18(20(26)27)21-29-10-14(24)11-30-21/h12-14,17-18,20-21,29-30H,2-11,26-27H2,1H3,(H,31,35). The van der Waals surface area contributed by atoms with Gasteiger partial charge < -0.3 is 26.6 Å². The Bertz CT molecular complexity index is 921. The van der Waals surface area contributed by atoms with E-state index in [2.05, 4.69) is 25.8 Å². The Morgan fingerprint density at radius 2 is 1.81 bits per heavy atom. The molecule has 3 aliphatic rings. The van der Waals surface area contributed by atoms with Crippen LogP contribution in [0.15, 0.2) is 12.4 Å². The summed E-state index contributed by atoms with van der Waals surface area (Å²) in [6.45, 7) is 2.78. The molecule has 0 spiro atoms. The third kappa shape index (κ3) is 5.92. The van der Waals surface area contributed by atoms with E-state index in [1.165, 1.54) is 6.20 Å². The summed E-state index contributed by atoms with van der Waals surface area (Å²) in [6, 6.07) is -0.107. The Kier molecular flexibility index (Phi) is 8.67. The zero-order chi connectivity index (χ0) is 25.8. The molecule has 1 aromatic rings. The number of nitrogens with zero attached hydrogens (tertiary/aromatic N) is 4. The van der Waals surface area contributed by atoms with Crippen LogP contribution in [0.4, 0.5) is 20.2 Å². The minimum Gasteiger partial charge on any atom is -0.364 e. The Labute approximate surface area is 209 Å². The van der Waals surface area contributed by atoms with Crippen LogP contribution in [0.2, 0.25) is 0 Å². The molecule has 2 atom stereocenters. The van der Waals surface area contributed by atoms with Crippen LogP contribution in [-0.2, 0) is 9.59 Å². The molecule has 36 heavy (non-hydrogen) atoms. The monoisotopic (exact) mass is 509 g/mol. The maximum Gasteiger partial charge on any atom is 0.240 e. The van der Waals surface area contributed by atoms with Crippen LogP contribution in [0, 0.1) is 11.7 Å². The van der Waals surface area contributed by atoms with Crippen LogP contribution in [-0.4, -0.2) is 104 Å². The third-order valence-electron chi connectivity index (χ3n) is 7.29. The number of rotatable bonds is 6. The Morgan fingerprint density at radius 1 is 1.11 bits per heavy atom. The first-order valence-electron chi connectivity index (χ1n) is 12.6. The normalized spacial score (nSPS) is 26.7. The van der Waals surface area contributed by atoms with Gasteiger partial charge in [-0.05, 0) is 26.4 Å². The van der Waals surface area contributed by atoms with Crippen LogP contribution in [0.3, 0.4) is 0 Å². The van der Waals surface area contributed by atoms with Crippen LogP contribution in [0.25, 0.3) is 0 Å². The molecule has 3 aliphatic heterocycles. The highest BCUT2D eigenvalue weighted by Gasteiger charge is 2.36. The first-order valence-corrected chi connectivity index (χ1v) is 12.6. The Hall–Kier alpha value is -2.45. The molecule has 0 saturated carbocycles. The average Bonchev–Trinajstić information content (AvgIpc) is 2.85. The molecule has 0 bridgehead atoms. The molecule has 0 radical (unpaired) electrons. The van der Waals surface area contributed by atoms with Gasteiger partial charge >= 0.3 is 0 Å². The number of carbonyl (C=O) groups is 2. The van der Waals surface area contributed by atoms with Crippen LogP contribution < -0.4 is 32.3 Å². The van der Waals surface area contributed by atoms with Crippen molar-refractivity contribution in [3.8, 4) is 0 Å². The van der Waals surface area contributed by atoms with E-state index in [0.29, 0.717) is 26.2 Å². The molecule has 4 heterocycles. The summed E-state index contributed by atoms with van der Waals surface area (Å²) in [7, 11) is 1.98. The summed E-state index contributed by atoms with van der Waals surface area (Å²) in [5, 5.41) is 8.53. The summed E-state index contributed by atoms with van der Waals surface area (Å²) in [5.41, 5.74) is 12.2. The lowest BCUT2D eigenvalue weighted by Gasteiger charge is -2.40. The molecule has 13 heteroatoms. The number of anilines is 2. The Morgan fingerprint density at radius 3 is 2.44 bits per heavy atom. The molecule has 2 amide bonds. The largest absolute Gasteiger partial charge is 0.364 e.